The van der Waals surface area contributed by atoms with Crippen molar-refractivity contribution in [1.82, 2.24) is 25.1 Å². The van der Waals surface area contributed by atoms with Gasteiger partial charge in [-0.05, 0) is 24.3 Å². The third-order valence-electron chi connectivity index (χ3n) is 5.59. The normalized spacial score (nSPS) is 14.4. The fourth-order valence-electron chi connectivity index (χ4n) is 3.86. The van der Waals surface area contributed by atoms with Gasteiger partial charge in [-0.2, -0.15) is 0 Å². The zero-order chi connectivity index (χ0) is 22.2. The molecule has 0 atom stereocenters. The minimum absolute atomic E-state index is 0.0544. The molecule has 0 bridgehead atoms. The summed E-state index contributed by atoms with van der Waals surface area (Å²) in [5.41, 5.74) is 2.61. The Morgan fingerprint density at radius 3 is 2.50 bits per heavy atom. The number of imidazole rings is 1. The van der Waals surface area contributed by atoms with Crippen LogP contribution in [0.25, 0.3) is 11.0 Å². The van der Waals surface area contributed by atoms with Crippen LogP contribution in [0.3, 0.4) is 0 Å². The molecule has 0 spiro atoms. The average molecular weight is 436 g/mol. The molecule has 8 nitrogen and oxygen atoms in total. The Balaban J connectivity index is 1.30. The summed E-state index contributed by atoms with van der Waals surface area (Å²) >= 11 is 0. The van der Waals surface area contributed by atoms with Gasteiger partial charge in [-0.15, -0.1) is 0 Å². The van der Waals surface area contributed by atoms with Crippen LogP contribution in [0.2, 0.25) is 0 Å². The van der Waals surface area contributed by atoms with Crippen molar-refractivity contribution in [3.63, 3.8) is 0 Å². The van der Waals surface area contributed by atoms with Gasteiger partial charge < -0.3 is 19.9 Å². The average Bonchev–Trinajstić information content (AvgIpc) is 3.19. The largest absolute Gasteiger partial charge is 0.379 e. The number of amides is 2. The molecule has 2 aromatic carbocycles. The molecule has 1 fully saturated rings. The summed E-state index contributed by atoms with van der Waals surface area (Å²) in [7, 11) is 0. The van der Waals surface area contributed by atoms with Crippen LogP contribution in [0.4, 0.5) is 0 Å². The van der Waals surface area contributed by atoms with E-state index in [4.69, 9.17) is 9.72 Å². The maximum absolute atomic E-state index is 12.2. The molecule has 4 rings (SSSR count). The highest BCUT2D eigenvalue weighted by Crippen LogP contribution is 2.16. The van der Waals surface area contributed by atoms with E-state index in [1.807, 2.05) is 24.3 Å². The third kappa shape index (κ3) is 5.72. The van der Waals surface area contributed by atoms with Gasteiger partial charge in [0.25, 0.3) is 5.91 Å². The van der Waals surface area contributed by atoms with Gasteiger partial charge >= 0.3 is 0 Å². The summed E-state index contributed by atoms with van der Waals surface area (Å²) in [6.45, 7) is 5.65. The van der Waals surface area contributed by atoms with E-state index in [0.29, 0.717) is 18.5 Å². The number of nitrogens with zero attached hydrogens (tertiary/aromatic N) is 3. The summed E-state index contributed by atoms with van der Waals surface area (Å²) < 4.78 is 7.68. The van der Waals surface area contributed by atoms with Crippen LogP contribution in [-0.2, 0) is 22.5 Å². The van der Waals surface area contributed by atoms with E-state index in [-0.39, 0.29) is 18.4 Å². The molecule has 168 valence electrons. The number of fused-ring (bicyclic) bond motifs is 1. The maximum Gasteiger partial charge on any atom is 0.251 e. The number of rotatable bonds is 9. The zero-order valence-electron chi connectivity index (χ0n) is 18.1. The standard InChI is InChI=1S/C24H29N5O3/c30-23(18-26-24(31)19-6-2-1-3-7-19)25-11-10-22-27-20-8-4-5-9-21(20)29(22)13-12-28-14-16-32-17-15-28/h1-9H,10-18H2,(H,25,30)(H,26,31). The molecule has 1 aromatic heterocycles. The second-order valence-corrected chi connectivity index (χ2v) is 7.77. The van der Waals surface area contributed by atoms with Crippen LogP contribution < -0.4 is 10.6 Å². The van der Waals surface area contributed by atoms with Crippen LogP contribution in [0.5, 0.6) is 0 Å². The number of ether oxygens (including phenoxy) is 1. The lowest BCUT2D eigenvalue weighted by Gasteiger charge is -2.27. The van der Waals surface area contributed by atoms with E-state index in [9.17, 15) is 9.59 Å². The smallest absolute Gasteiger partial charge is 0.251 e. The van der Waals surface area contributed by atoms with Gasteiger partial charge in [-0.3, -0.25) is 14.5 Å². The van der Waals surface area contributed by atoms with Gasteiger partial charge in [0.15, 0.2) is 0 Å². The van der Waals surface area contributed by atoms with Crippen molar-refractivity contribution in [1.29, 1.82) is 0 Å². The Kier molecular flexibility index (Phi) is 7.47. The minimum Gasteiger partial charge on any atom is -0.379 e. The number of carbonyl (C=O) groups excluding carboxylic acids is 2. The first-order chi connectivity index (χ1) is 15.7. The second kappa shape index (κ2) is 10.9. The van der Waals surface area contributed by atoms with Crippen LogP contribution in [0.15, 0.2) is 54.6 Å². The Hall–Kier alpha value is -3.23. The second-order valence-electron chi connectivity index (χ2n) is 7.77. The van der Waals surface area contributed by atoms with E-state index in [0.717, 1.165) is 56.3 Å². The molecular weight excluding hydrogens is 406 g/mol. The number of carbonyl (C=O) groups is 2. The first kappa shape index (κ1) is 22.0. The first-order valence-electron chi connectivity index (χ1n) is 11.0. The summed E-state index contributed by atoms with van der Waals surface area (Å²) in [6, 6.07) is 17.0. The molecule has 2 amide bonds. The fraction of sp³-hybridized carbons (Fsp3) is 0.375. The topological polar surface area (TPSA) is 88.5 Å². The SMILES string of the molecule is O=C(CNC(=O)c1ccccc1)NCCc1nc2ccccc2n1CCN1CCOCC1. The van der Waals surface area contributed by atoms with Crippen molar-refractivity contribution >= 4 is 22.8 Å². The van der Waals surface area contributed by atoms with Crippen LogP contribution in [0, 0.1) is 0 Å². The van der Waals surface area contributed by atoms with Gasteiger partial charge in [0, 0.05) is 44.7 Å². The highest BCUT2D eigenvalue weighted by atomic mass is 16.5. The Morgan fingerprint density at radius 1 is 0.938 bits per heavy atom. The summed E-state index contributed by atoms with van der Waals surface area (Å²) in [5.74, 6) is 0.476. The number of hydrogen-bond donors (Lipinski definition) is 2. The van der Waals surface area contributed by atoms with Gasteiger partial charge in [-0.25, -0.2) is 4.98 Å². The molecular formula is C24H29N5O3. The summed E-state index contributed by atoms with van der Waals surface area (Å²) in [4.78, 5) is 31.4. The van der Waals surface area contributed by atoms with Gasteiger partial charge in [0.2, 0.25) is 5.91 Å². The van der Waals surface area contributed by atoms with E-state index in [1.54, 1.807) is 24.3 Å². The van der Waals surface area contributed by atoms with Crippen LogP contribution >= 0.6 is 0 Å². The molecule has 32 heavy (non-hydrogen) atoms. The van der Waals surface area contributed by atoms with Crippen molar-refractivity contribution in [2.45, 2.75) is 13.0 Å². The molecule has 3 aromatic rings. The number of para-hydroxylation sites is 2. The first-order valence-corrected chi connectivity index (χ1v) is 11.0. The number of aromatic nitrogens is 2. The van der Waals surface area contributed by atoms with E-state index >= 15 is 0 Å². The van der Waals surface area contributed by atoms with Crippen molar-refractivity contribution in [2.24, 2.45) is 0 Å². The molecule has 1 saturated heterocycles. The van der Waals surface area contributed by atoms with Crippen molar-refractivity contribution in [3.05, 3.63) is 66.0 Å². The lowest BCUT2D eigenvalue weighted by atomic mass is 10.2. The number of morpholine rings is 1. The quantitative estimate of drug-likeness (QED) is 0.531. The Bertz CT molecular complexity index is 1040. The molecule has 8 heteroatoms. The molecule has 0 saturated carbocycles. The molecule has 0 aliphatic carbocycles. The van der Waals surface area contributed by atoms with Crippen molar-refractivity contribution in [3.8, 4) is 0 Å². The van der Waals surface area contributed by atoms with Gasteiger partial charge in [-0.1, -0.05) is 30.3 Å². The van der Waals surface area contributed by atoms with Crippen LogP contribution in [0.1, 0.15) is 16.2 Å². The predicted octanol–water partition coefficient (Wildman–Crippen LogP) is 1.46. The van der Waals surface area contributed by atoms with Crippen molar-refractivity contribution < 1.29 is 14.3 Å². The number of nitrogens with one attached hydrogen (secondary N) is 2. The highest BCUT2D eigenvalue weighted by molar-refractivity contribution is 5.96. The maximum atomic E-state index is 12.2. The molecule has 2 heterocycles. The number of hydrogen-bond acceptors (Lipinski definition) is 5. The molecule has 0 unspecified atom stereocenters. The Labute approximate surface area is 187 Å². The van der Waals surface area contributed by atoms with E-state index in [2.05, 4.69) is 26.2 Å². The zero-order valence-corrected chi connectivity index (χ0v) is 18.1. The van der Waals surface area contributed by atoms with E-state index in [1.165, 1.54) is 0 Å². The molecule has 1 aliphatic rings. The number of benzene rings is 2. The van der Waals surface area contributed by atoms with E-state index < -0.39 is 0 Å². The Morgan fingerprint density at radius 2 is 1.69 bits per heavy atom. The highest BCUT2D eigenvalue weighted by Gasteiger charge is 2.14. The lowest BCUT2D eigenvalue weighted by molar-refractivity contribution is -0.120. The van der Waals surface area contributed by atoms with Crippen molar-refractivity contribution in [2.75, 3.05) is 45.9 Å². The third-order valence-corrected chi connectivity index (χ3v) is 5.59. The molecule has 0 radical (unpaired) electrons. The fourth-order valence-corrected chi connectivity index (χ4v) is 3.86. The molecule has 2 N–H and O–H groups in total. The monoisotopic (exact) mass is 435 g/mol. The summed E-state index contributed by atoms with van der Waals surface area (Å²) in [5, 5.41) is 5.53. The summed E-state index contributed by atoms with van der Waals surface area (Å²) in [6.07, 6.45) is 0.621. The minimum atomic E-state index is -0.259. The van der Waals surface area contributed by atoms with Gasteiger partial charge in [0.1, 0.15) is 5.82 Å². The predicted molar refractivity (Wildman–Crippen MR) is 122 cm³/mol. The molecule has 1 aliphatic heterocycles. The lowest BCUT2D eigenvalue weighted by Crippen LogP contribution is -2.38. The van der Waals surface area contributed by atoms with Gasteiger partial charge in [0.05, 0.1) is 30.8 Å². The van der Waals surface area contributed by atoms with Crippen LogP contribution in [-0.4, -0.2) is 72.2 Å².